The van der Waals surface area contributed by atoms with Gasteiger partial charge in [0.2, 0.25) is 11.8 Å². The molecule has 0 saturated heterocycles. The molecule has 5 heterocycles. The van der Waals surface area contributed by atoms with Crippen LogP contribution in [0.1, 0.15) is 25.7 Å². The van der Waals surface area contributed by atoms with Gasteiger partial charge in [-0.05, 0) is 43.3 Å². The van der Waals surface area contributed by atoms with Crippen molar-refractivity contribution < 1.29 is 19.7 Å². The van der Waals surface area contributed by atoms with Crippen molar-refractivity contribution in [1.82, 2.24) is 34.0 Å². The molecule has 4 aromatic heterocycles. The lowest BCUT2D eigenvalue weighted by molar-refractivity contribution is -0.0377. The van der Waals surface area contributed by atoms with Crippen LogP contribution in [0.5, 0.6) is 17.4 Å². The average molecular weight is 551 g/mol. The van der Waals surface area contributed by atoms with Crippen LogP contribution in [0.2, 0.25) is 5.02 Å². The number of hydrogen-bond donors (Lipinski definition) is 3. The Labute approximate surface area is 228 Å². The number of halogens is 1. The van der Waals surface area contributed by atoms with Crippen molar-refractivity contribution in [2.24, 2.45) is 13.0 Å². The molecular weight excluding hydrogens is 524 g/mol. The Balaban J connectivity index is 1.20. The molecule has 2 fully saturated rings. The first-order chi connectivity index (χ1) is 18.9. The van der Waals surface area contributed by atoms with Gasteiger partial charge >= 0.3 is 0 Å². The van der Waals surface area contributed by atoms with Crippen LogP contribution in [0.4, 0.5) is 5.95 Å². The number of hydrogen-bond acceptors (Lipinski definition) is 10. The van der Waals surface area contributed by atoms with E-state index in [1.54, 1.807) is 32.6 Å². The molecule has 0 aromatic carbocycles. The SMILES string of the molecule is CN1C=C(C2CC2)C=C(Nc2nc3ncc(Oc4cnn5ccnc(O[C@@H]6CC[C@@H]6O)c45)c(Cl)c3n2C)C1O. The Kier molecular flexibility index (Phi) is 5.65. The van der Waals surface area contributed by atoms with Gasteiger partial charge in [-0.1, -0.05) is 11.6 Å². The molecule has 202 valence electrons. The van der Waals surface area contributed by atoms with E-state index >= 15 is 0 Å². The number of rotatable bonds is 7. The molecule has 0 amide bonds. The van der Waals surface area contributed by atoms with Crippen molar-refractivity contribution >= 4 is 34.2 Å². The fraction of sp³-hybridized carbons (Fsp3) is 0.385. The summed E-state index contributed by atoms with van der Waals surface area (Å²) >= 11 is 6.83. The molecule has 4 aromatic rings. The number of aryl methyl sites for hydroxylation is 1. The monoisotopic (exact) mass is 550 g/mol. The molecule has 12 nitrogen and oxygen atoms in total. The van der Waals surface area contributed by atoms with E-state index < -0.39 is 12.3 Å². The Morgan fingerprint density at radius 3 is 2.64 bits per heavy atom. The van der Waals surface area contributed by atoms with Gasteiger partial charge in [0.15, 0.2) is 28.9 Å². The number of pyridine rings is 1. The van der Waals surface area contributed by atoms with Crippen molar-refractivity contribution in [2.45, 2.75) is 44.1 Å². The third kappa shape index (κ3) is 4.15. The molecule has 3 N–H and O–H groups in total. The summed E-state index contributed by atoms with van der Waals surface area (Å²) in [6.45, 7) is 0. The highest BCUT2D eigenvalue weighted by Crippen LogP contribution is 2.41. The summed E-state index contributed by atoms with van der Waals surface area (Å²) in [7, 11) is 3.67. The fourth-order valence-corrected chi connectivity index (χ4v) is 5.18. The van der Waals surface area contributed by atoms with Gasteiger partial charge in [-0.15, -0.1) is 0 Å². The summed E-state index contributed by atoms with van der Waals surface area (Å²) in [5.41, 5.74) is 3.34. The van der Waals surface area contributed by atoms with E-state index in [-0.39, 0.29) is 6.10 Å². The van der Waals surface area contributed by atoms with Gasteiger partial charge in [-0.25, -0.2) is 14.5 Å². The summed E-state index contributed by atoms with van der Waals surface area (Å²) < 4.78 is 15.5. The van der Waals surface area contributed by atoms with Crippen LogP contribution >= 0.6 is 11.6 Å². The number of allylic oxidation sites excluding steroid dienone is 2. The lowest BCUT2D eigenvalue weighted by Gasteiger charge is -2.32. The zero-order chi connectivity index (χ0) is 26.8. The van der Waals surface area contributed by atoms with Crippen LogP contribution in [-0.4, -0.2) is 69.7 Å². The van der Waals surface area contributed by atoms with E-state index in [9.17, 15) is 10.2 Å². The molecule has 1 unspecified atom stereocenters. The molecule has 0 bridgehead atoms. The van der Waals surface area contributed by atoms with E-state index in [4.69, 9.17) is 21.1 Å². The fourth-order valence-electron chi connectivity index (χ4n) is 4.88. The van der Waals surface area contributed by atoms with Crippen molar-refractivity contribution in [2.75, 3.05) is 12.4 Å². The number of aromatic nitrogens is 6. The number of nitrogens with one attached hydrogen (secondary N) is 1. The second-order valence-electron chi connectivity index (χ2n) is 10.2. The van der Waals surface area contributed by atoms with E-state index in [2.05, 4.69) is 25.4 Å². The largest absolute Gasteiger partial charge is 0.470 e. The molecule has 2 saturated carbocycles. The van der Waals surface area contributed by atoms with Crippen LogP contribution in [0.3, 0.4) is 0 Å². The second-order valence-corrected chi connectivity index (χ2v) is 10.6. The number of nitrogens with zero attached hydrogens (tertiary/aromatic N) is 7. The molecule has 7 rings (SSSR count). The normalized spacial score (nSPS) is 23.0. The Morgan fingerprint density at radius 1 is 1.05 bits per heavy atom. The topological polar surface area (TPSA) is 135 Å². The third-order valence-electron chi connectivity index (χ3n) is 7.47. The minimum absolute atomic E-state index is 0.308. The predicted molar refractivity (Wildman–Crippen MR) is 143 cm³/mol. The lowest BCUT2D eigenvalue weighted by atomic mass is 9.92. The summed E-state index contributed by atoms with van der Waals surface area (Å²) in [5, 5.41) is 28.6. The van der Waals surface area contributed by atoms with E-state index in [1.165, 1.54) is 11.8 Å². The standard InChI is InChI=1S/C26H27ClN8O4/c1-33-12-14(13-3-4-13)9-15(25(33)37)31-26-32-23-22(34(26)2)20(27)18(10-29-23)38-19-11-30-35-8-7-28-24(21(19)35)39-17-6-5-16(17)36/h7-13,16-17,25,36-37H,3-6H2,1-2H3,(H,29,31,32)/t16-,17+,25?/m0/s1. The average Bonchev–Trinajstić information content (AvgIpc) is 3.62. The number of aliphatic hydroxyl groups is 2. The predicted octanol–water partition coefficient (Wildman–Crippen LogP) is 3.21. The number of imidazole rings is 1. The maximum absolute atomic E-state index is 10.7. The van der Waals surface area contributed by atoms with Crippen LogP contribution < -0.4 is 14.8 Å². The first kappa shape index (κ1) is 24.2. The number of likely N-dealkylation sites (N-methyl/N-ethyl adjacent to an activating group) is 1. The second kappa shape index (κ2) is 9.11. The first-order valence-electron chi connectivity index (χ1n) is 12.8. The van der Waals surface area contributed by atoms with Gasteiger partial charge in [0.25, 0.3) is 0 Å². The molecular formula is C26H27ClN8O4. The highest BCUT2D eigenvalue weighted by Gasteiger charge is 2.33. The Morgan fingerprint density at radius 2 is 1.90 bits per heavy atom. The molecule has 3 aliphatic rings. The molecule has 39 heavy (non-hydrogen) atoms. The van der Waals surface area contributed by atoms with Crippen LogP contribution in [0.25, 0.3) is 16.7 Å². The van der Waals surface area contributed by atoms with Crippen molar-refractivity contribution in [3.63, 3.8) is 0 Å². The zero-order valence-corrected chi connectivity index (χ0v) is 22.1. The summed E-state index contributed by atoms with van der Waals surface area (Å²) in [6, 6.07) is 0. The lowest BCUT2D eigenvalue weighted by Crippen LogP contribution is -2.41. The first-order valence-corrected chi connectivity index (χ1v) is 13.2. The number of aliphatic hydroxyl groups excluding tert-OH is 2. The molecule has 0 radical (unpaired) electrons. The van der Waals surface area contributed by atoms with Gasteiger partial charge in [0.05, 0.1) is 24.2 Å². The maximum Gasteiger partial charge on any atom is 0.244 e. The van der Waals surface area contributed by atoms with E-state index in [0.717, 1.165) is 19.3 Å². The minimum Gasteiger partial charge on any atom is -0.470 e. The summed E-state index contributed by atoms with van der Waals surface area (Å²) in [5.74, 6) is 2.03. The quantitative estimate of drug-likeness (QED) is 0.315. The molecule has 3 atom stereocenters. The highest BCUT2D eigenvalue weighted by molar-refractivity contribution is 6.36. The smallest absolute Gasteiger partial charge is 0.244 e. The van der Waals surface area contributed by atoms with Crippen molar-refractivity contribution in [1.29, 1.82) is 0 Å². The summed E-state index contributed by atoms with van der Waals surface area (Å²) in [6.07, 6.45) is 12.4. The van der Waals surface area contributed by atoms with Gasteiger partial charge in [-0.2, -0.15) is 10.1 Å². The Bertz CT molecular complexity index is 1660. The minimum atomic E-state index is -0.823. The van der Waals surface area contributed by atoms with Gasteiger partial charge in [0, 0.05) is 32.7 Å². The molecule has 2 aliphatic carbocycles. The molecule has 1 aliphatic heterocycles. The maximum atomic E-state index is 10.7. The van der Waals surface area contributed by atoms with Gasteiger partial charge < -0.3 is 34.5 Å². The number of fused-ring (bicyclic) bond motifs is 2. The zero-order valence-electron chi connectivity index (χ0n) is 21.3. The van der Waals surface area contributed by atoms with Crippen LogP contribution in [0, 0.1) is 5.92 Å². The van der Waals surface area contributed by atoms with Gasteiger partial charge in [0.1, 0.15) is 16.6 Å². The van der Waals surface area contributed by atoms with Crippen LogP contribution in [-0.2, 0) is 7.05 Å². The number of anilines is 1. The number of ether oxygens (including phenoxy) is 2. The van der Waals surface area contributed by atoms with E-state index in [1.807, 2.05) is 26.4 Å². The summed E-state index contributed by atoms with van der Waals surface area (Å²) in [4.78, 5) is 15.2. The van der Waals surface area contributed by atoms with Crippen molar-refractivity contribution in [3.05, 3.63) is 53.4 Å². The van der Waals surface area contributed by atoms with Crippen LogP contribution in [0.15, 0.2) is 48.3 Å². The highest BCUT2D eigenvalue weighted by atomic mass is 35.5. The Hall–Kier alpha value is -3.87. The molecule has 13 heteroatoms. The molecule has 0 spiro atoms. The third-order valence-corrected chi connectivity index (χ3v) is 7.84. The van der Waals surface area contributed by atoms with Crippen molar-refractivity contribution in [3.8, 4) is 17.4 Å². The van der Waals surface area contributed by atoms with Gasteiger partial charge in [-0.3, -0.25) is 0 Å². The van der Waals surface area contributed by atoms with E-state index in [0.29, 0.717) is 63.1 Å².